The van der Waals surface area contributed by atoms with Crippen LogP contribution in [-0.2, 0) is 0 Å². The van der Waals surface area contributed by atoms with Crippen LogP contribution in [0.15, 0.2) is 18.2 Å². The van der Waals surface area contributed by atoms with Crippen LogP contribution in [-0.4, -0.2) is 20.2 Å². The summed E-state index contributed by atoms with van der Waals surface area (Å²) in [6.07, 6.45) is 3.75. The average Bonchev–Trinajstić information content (AvgIpc) is 2.32. The fourth-order valence-corrected chi connectivity index (χ4v) is 1.77. The molecule has 1 aromatic carbocycles. The Morgan fingerprint density at radius 2 is 2.00 bits per heavy atom. The number of benzene rings is 1. The van der Waals surface area contributed by atoms with Crippen molar-refractivity contribution in [3.8, 4) is 5.75 Å². The van der Waals surface area contributed by atoms with Crippen molar-refractivity contribution in [2.24, 2.45) is 0 Å². The van der Waals surface area contributed by atoms with E-state index >= 15 is 0 Å². The van der Waals surface area contributed by atoms with Gasteiger partial charge in [-0.2, -0.15) is 0 Å². The molecule has 1 aromatic rings. The molecule has 0 fully saturated rings. The van der Waals surface area contributed by atoms with Gasteiger partial charge in [0.25, 0.3) is 0 Å². The Hall–Kier alpha value is -1.38. The molecule has 3 nitrogen and oxygen atoms in total. The zero-order valence-electron chi connectivity index (χ0n) is 11.2. The van der Waals surface area contributed by atoms with E-state index in [1.165, 1.54) is 24.9 Å². The Bertz CT molecular complexity index is 339. The predicted molar refractivity (Wildman–Crippen MR) is 74.8 cm³/mol. The first-order valence-corrected chi connectivity index (χ1v) is 6.42. The average molecular weight is 236 g/mol. The molecule has 0 aliphatic heterocycles. The lowest BCUT2D eigenvalue weighted by Crippen LogP contribution is -2.18. The number of ether oxygens (including phenoxy) is 1. The van der Waals surface area contributed by atoms with Crippen LogP contribution in [0, 0.1) is 0 Å². The summed E-state index contributed by atoms with van der Waals surface area (Å²) < 4.78 is 5.50. The fourth-order valence-electron chi connectivity index (χ4n) is 1.77. The Balaban J connectivity index is 2.66. The van der Waals surface area contributed by atoms with Crippen LogP contribution in [0.3, 0.4) is 0 Å². The number of nitrogen functional groups attached to an aromatic ring is 1. The highest BCUT2D eigenvalue weighted by molar-refractivity contribution is 5.62. The van der Waals surface area contributed by atoms with E-state index < -0.39 is 0 Å². The second-order valence-electron chi connectivity index (χ2n) is 4.28. The first-order chi connectivity index (χ1) is 8.19. The normalized spacial score (nSPS) is 10.3. The number of hydrogen-bond acceptors (Lipinski definition) is 3. The zero-order valence-corrected chi connectivity index (χ0v) is 11.2. The molecule has 0 radical (unpaired) electrons. The Labute approximate surface area is 105 Å². The summed E-state index contributed by atoms with van der Waals surface area (Å²) in [5, 5.41) is 0. The van der Waals surface area contributed by atoms with Crippen LogP contribution in [0.5, 0.6) is 5.75 Å². The SMILES string of the molecule is CCCCCN(C)c1ccc(N)c(OCC)c1. The maximum atomic E-state index is 5.85. The minimum atomic E-state index is 0.646. The van der Waals surface area contributed by atoms with Crippen LogP contribution in [0.1, 0.15) is 33.1 Å². The number of unbranched alkanes of at least 4 members (excludes halogenated alkanes) is 2. The fraction of sp³-hybridized carbons (Fsp3) is 0.571. The van der Waals surface area contributed by atoms with Crippen molar-refractivity contribution >= 4 is 11.4 Å². The molecule has 0 aliphatic carbocycles. The summed E-state index contributed by atoms with van der Waals surface area (Å²) in [6, 6.07) is 5.98. The van der Waals surface area contributed by atoms with Crippen molar-refractivity contribution in [1.29, 1.82) is 0 Å². The maximum Gasteiger partial charge on any atom is 0.144 e. The molecule has 0 spiro atoms. The molecule has 96 valence electrons. The number of hydrogen-bond donors (Lipinski definition) is 1. The van der Waals surface area contributed by atoms with Crippen molar-refractivity contribution in [3.05, 3.63) is 18.2 Å². The minimum absolute atomic E-state index is 0.646. The number of anilines is 2. The van der Waals surface area contributed by atoms with Crippen LogP contribution in [0.2, 0.25) is 0 Å². The van der Waals surface area contributed by atoms with E-state index in [1.807, 2.05) is 25.1 Å². The van der Waals surface area contributed by atoms with Crippen molar-refractivity contribution in [3.63, 3.8) is 0 Å². The highest BCUT2D eigenvalue weighted by Crippen LogP contribution is 2.27. The molecule has 0 saturated heterocycles. The van der Waals surface area contributed by atoms with Crippen molar-refractivity contribution in [2.45, 2.75) is 33.1 Å². The molecule has 17 heavy (non-hydrogen) atoms. The number of rotatable bonds is 7. The molecular formula is C14H24N2O. The van der Waals surface area contributed by atoms with Gasteiger partial charge in [-0.05, 0) is 25.5 Å². The molecule has 0 atom stereocenters. The molecule has 0 saturated carbocycles. The minimum Gasteiger partial charge on any atom is -0.492 e. The Kier molecular flexibility index (Phi) is 5.67. The van der Waals surface area contributed by atoms with E-state index in [2.05, 4.69) is 18.9 Å². The first kappa shape index (κ1) is 13.7. The van der Waals surface area contributed by atoms with Gasteiger partial charge in [-0.25, -0.2) is 0 Å². The summed E-state index contributed by atoms with van der Waals surface area (Å²) in [5.74, 6) is 0.785. The van der Waals surface area contributed by atoms with Crippen molar-refractivity contribution in [2.75, 3.05) is 30.8 Å². The number of nitrogens with zero attached hydrogens (tertiary/aromatic N) is 1. The van der Waals surface area contributed by atoms with Gasteiger partial charge in [-0.1, -0.05) is 19.8 Å². The summed E-state index contributed by atoms with van der Waals surface area (Å²) in [6.45, 7) is 5.91. The molecule has 0 heterocycles. The summed E-state index contributed by atoms with van der Waals surface area (Å²) in [5.41, 5.74) is 7.73. The van der Waals surface area contributed by atoms with Gasteiger partial charge >= 0.3 is 0 Å². The molecule has 0 amide bonds. The van der Waals surface area contributed by atoms with Gasteiger partial charge in [0.2, 0.25) is 0 Å². The molecule has 1 rings (SSSR count). The van der Waals surface area contributed by atoms with Gasteiger partial charge in [0.05, 0.1) is 12.3 Å². The molecule has 0 bridgehead atoms. The standard InChI is InChI=1S/C14H24N2O/c1-4-6-7-10-16(3)12-8-9-13(15)14(11-12)17-5-2/h8-9,11H,4-7,10,15H2,1-3H3. The summed E-state index contributed by atoms with van der Waals surface area (Å²) in [4.78, 5) is 2.25. The van der Waals surface area contributed by atoms with E-state index in [9.17, 15) is 0 Å². The third-order valence-corrected chi connectivity index (χ3v) is 2.83. The van der Waals surface area contributed by atoms with E-state index in [0.29, 0.717) is 12.3 Å². The predicted octanol–water partition coefficient (Wildman–Crippen LogP) is 3.29. The van der Waals surface area contributed by atoms with Gasteiger partial charge in [0.1, 0.15) is 5.75 Å². The molecular weight excluding hydrogens is 212 g/mol. The molecule has 3 heteroatoms. The molecule has 0 aromatic heterocycles. The van der Waals surface area contributed by atoms with E-state index in [4.69, 9.17) is 10.5 Å². The van der Waals surface area contributed by atoms with Gasteiger partial charge in [0, 0.05) is 25.3 Å². The van der Waals surface area contributed by atoms with Gasteiger partial charge in [-0.15, -0.1) is 0 Å². The van der Waals surface area contributed by atoms with Crippen molar-refractivity contribution < 1.29 is 4.74 Å². The molecule has 0 unspecified atom stereocenters. The highest BCUT2D eigenvalue weighted by atomic mass is 16.5. The highest BCUT2D eigenvalue weighted by Gasteiger charge is 2.05. The Morgan fingerprint density at radius 1 is 1.24 bits per heavy atom. The maximum absolute atomic E-state index is 5.85. The lowest BCUT2D eigenvalue weighted by atomic mass is 10.2. The molecule has 2 N–H and O–H groups in total. The van der Waals surface area contributed by atoms with Crippen LogP contribution >= 0.6 is 0 Å². The van der Waals surface area contributed by atoms with Crippen LogP contribution in [0.25, 0.3) is 0 Å². The van der Waals surface area contributed by atoms with Crippen LogP contribution in [0.4, 0.5) is 11.4 Å². The monoisotopic (exact) mass is 236 g/mol. The number of nitrogens with two attached hydrogens (primary N) is 1. The quantitative estimate of drug-likeness (QED) is 0.583. The summed E-state index contributed by atoms with van der Waals surface area (Å²) >= 11 is 0. The van der Waals surface area contributed by atoms with E-state index in [1.54, 1.807) is 0 Å². The van der Waals surface area contributed by atoms with Gasteiger partial charge in [0.15, 0.2) is 0 Å². The second kappa shape index (κ2) is 7.05. The lowest BCUT2D eigenvalue weighted by Gasteiger charge is -2.20. The smallest absolute Gasteiger partial charge is 0.144 e. The van der Waals surface area contributed by atoms with E-state index in [0.717, 1.165) is 12.3 Å². The lowest BCUT2D eigenvalue weighted by molar-refractivity contribution is 0.342. The molecule has 0 aliphatic rings. The third-order valence-electron chi connectivity index (χ3n) is 2.83. The van der Waals surface area contributed by atoms with Crippen LogP contribution < -0.4 is 15.4 Å². The zero-order chi connectivity index (χ0) is 12.7. The summed E-state index contributed by atoms with van der Waals surface area (Å²) in [7, 11) is 2.11. The van der Waals surface area contributed by atoms with Crippen molar-refractivity contribution in [1.82, 2.24) is 0 Å². The topological polar surface area (TPSA) is 38.5 Å². The third kappa shape index (κ3) is 4.17. The van der Waals surface area contributed by atoms with Gasteiger partial charge < -0.3 is 15.4 Å². The Morgan fingerprint density at radius 3 is 2.65 bits per heavy atom. The first-order valence-electron chi connectivity index (χ1n) is 6.42. The largest absolute Gasteiger partial charge is 0.492 e. The second-order valence-corrected chi connectivity index (χ2v) is 4.28. The van der Waals surface area contributed by atoms with Gasteiger partial charge in [-0.3, -0.25) is 0 Å². The van der Waals surface area contributed by atoms with E-state index in [-0.39, 0.29) is 0 Å².